The average molecular weight is 492 g/mol. The van der Waals surface area contributed by atoms with Gasteiger partial charge >= 0.3 is 0 Å². The zero-order valence-corrected chi connectivity index (χ0v) is 19.4. The first-order valence-electron chi connectivity index (χ1n) is 9.29. The molecular formula is C19H18ClN7O3S2. The van der Waals surface area contributed by atoms with E-state index in [1.165, 1.54) is 41.8 Å². The first-order chi connectivity index (χ1) is 15.2. The third-order valence-electron chi connectivity index (χ3n) is 4.52. The summed E-state index contributed by atoms with van der Waals surface area (Å²) in [5.74, 6) is -0.424. The monoisotopic (exact) mass is 491 g/mol. The number of anilines is 2. The Labute approximate surface area is 192 Å². The van der Waals surface area contributed by atoms with Gasteiger partial charge in [0.05, 0.1) is 21.3 Å². The molecule has 0 bridgehead atoms. The Morgan fingerprint density at radius 1 is 1.16 bits per heavy atom. The second-order valence-electron chi connectivity index (χ2n) is 6.79. The van der Waals surface area contributed by atoms with E-state index >= 15 is 0 Å². The number of amides is 1. The maximum Gasteiger partial charge on any atom is 0.276 e. The van der Waals surface area contributed by atoms with Crippen LogP contribution in [0.3, 0.4) is 0 Å². The highest BCUT2D eigenvalue weighted by Gasteiger charge is 2.16. The second kappa shape index (κ2) is 8.73. The van der Waals surface area contributed by atoms with E-state index in [2.05, 4.69) is 25.2 Å². The molecule has 3 heterocycles. The third kappa shape index (κ3) is 4.66. The molecule has 1 aromatic carbocycles. The number of sulfonamides is 1. The van der Waals surface area contributed by atoms with Gasteiger partial charge in [0.2, 0.25) is 0 Å². The van der Waals surface area contributed by atoms with Crippen LogP contribution in [-0.4, -0.2) is 38.9 Å². The molecule has 0 saturated heterocycles. The fourth-order valence-corrected chi connectivity index (χ4v) is 4.80. The van der Waals surface area contributed by atoms with Gasteiger partial charge < -0.3 is 5.32 Å². The SMILES string of the molecule is Cc1nn(Cn2ccc(C(=O)Nc3ccc(S(=O)(=O)Nc4nccs4)cc3)n2)c(C)c1Cl. The molecule has 0 spiro atoms. The van der Waals surface area contributed by atoms with Crippen molar-refractivity contribution in [3.05, 3.63) is 70.2 Å². The minimum absolute atomic E-state index is 0.0542. The summed E-state index contributed by atoms with van der Waals surface area (Å²) in [5.41, 5.74) is 2.18. The van der Waals surface area contributed by atoms with Gasteiger partial charge in [-0.2, -0.15) is 10.2 Å². The van der Waals surface area contributed by atoms with Crippen molar-refractivity contribution in [3.8, 4) is 0 Å². The number of carbonyl (C=O) groups excluding carboxylic acids is 1. The lowest BCUT2D eigenvalue weighted by Gasteiger charge is -2.07. The molecule has 0 aliphatic rings. The molecule has 3 aromatic heterocycles. The zero-order valence-electron chi connectivity index (χ0n) is 17.0. The van der Waals surface area contributed by atoms with E-state index in [0.717, 1.165) is 11.4 Å². The van der Waals surface area contributed by atoms with Crippen molar-refractivity contribution in [2.75, 3.05) is 10.0 Å². The maximum absolute atomic E-state index is 12.5. The summed E-state index contributed by atoms with van der Waals surface area (Å²) in [4.78, 5) is 16.5. The van der Waals surface area contributed by atoms with Gasteiger partial charge in [0.15, 0.2) is 10.8 Å². The quantitative estimate of drug-likeness (QED) is 0.408. The molecule has 166 valence electrons. The summed E-state index contributed by atoms with van der Waals surface area (Å²) in [6, 6.07) is 7.39. The molecule has 13 heteroatoms. The Bertz CT molecular complexity index is 1360. The van der Waals surface area contributed by atoms with Crippen LogP contribution in [-0.2, 0) is 16.7 Å². The van der Waals surface area contributed by atoms with Crippen LogP contribution in [0.5, 0.6) is 0 Å². The number of aromatic nitrogens is 5. The molecule has 0 unspecified atom stereocenters. The molecule has 0 aliphatic carbocycles. The summed E-state index contributed by atoms with van der Waals surface area (Å²) in [6.45, 7) is 3.99. The predicted molar refractivity (Wildman–Crippen MR) is 122 cm³/mol. The van der Waals surface area contributed by atoms with Crippen LogP contribution in [0.15, 0.2) is 53.0 Å². The first kappa shape index (κ1) is 22.0. The summed E-state index contributed by atoms with van der Waals surface area (Å²) in [5, 5.41) is 13.9. The van der Waals surface area contributed by atoms with Crippen LogP contribution in [0.4, 0.5) is 10.8 Å². The number of carbonyl (C=O) groups is 1. The van der Waals surface area contributed by atoms with Crippen molar-refractivity contribution in [3.63, 3.8) is 0 Å². The molecular weight excluding hydrogens is 474 g/mol. The predicted octanol–water partition coefficient (Wildman–Crippen LogP) is 3.37. The lowest BCUT2D eigenvalue weighted by atomic mass is 10.3. The Balaban J connectivity index is 1.41. The largest absolute Gasteiger partial charge is 0.321 e. The highest BCUT2D eigenvalue weighted by atomic mass is 35.5. The van der Waals surface area contributed by atoms with Crippen LogP contribution in [0.1, 0.15) is 21.9 Å². The number of hydrogen-bond acceptors (Lipinski definition) is 7. The number of benzene rings is 1. The number of nitrogens with one attached hydrogen (secondary N) is 2. The van der Waals surface area contributed by atoms with Crippen molar-refractivity contribution < 1.29 is 13.2 Å². The minimum Gasteiger partial charge on any atom is -0.321 e. The molecule has 0 aliphatic heterocycles. The van der Waals surface area contributed by atoms with Crippen LogP contribution in [0, 0.1) is 13.8 Å². The topological polar surface area (TPSA) is 124 Å². The van der Waals surface area contributed by atoms with Gasteiger partial charge in [-0.05, 0) is 44.2 Å². The van der Waals surface area contributed by atoms with E-state index in [9.17, 15) is 13.2 Å². The van der Waals surface area contributed by atoms with Crippen molar-refractivity contribution >= 4 is 49.7 Å². The molecule has 32 heavy (non-hydrogen) atoms. The van der Waals surface area contributed by atoms with Gasteiger partial charge in [-0.1, -0.05) is 11.6 Å². The summed E-state index contributed by atoms with van der Waals surface area (Å²) >= 11 is 7.34. The number of rotatable bonds is 7. The highest BCUT2D eigenvalue weighted by molar-refractivity contribution is 7.93. The number of thiazole rings is 1. The van der Waals surface area contributed by atoms with Gasteiger partial charge in [-0.15, -0.1) is 11.3 Å². The van der Waals surface area contributed by atoms with Crippen LogP contribution in [0.25, 0.3) is 0 Å². The Morgan fingerprint density at radius 3 is 2.53 bits per heavy atom. The normalized spacial score (nSPS) is 11.5. The smallest absolute Gasteiger partial charge is 0.276 e. The fourth-order valence-electron chi connectivity index (χ4n) is 2.87. The molecule has 0 saturated carbocycles. The van der Waals surface area contributed by atoms with Crippen LogP contribution < -0.4 is 10.0 Å². The van der Waals surface area contributed by atoms with E-state index in [4.69, 9.17) is 11.6 Å². The summed E-state index contributed by atoms with van der Waals surface area (Å²) in [7, 11) is -3.76. The van der Waals surface area contributed by atoms with Crippen molar-refractivity contribution in [1.82, 2.24) is 24.5 Å². The minimum atomic E-state index is -3.76. The molecule has 2 N–H and O–H groups in total. The maximum atomic E-state index is 12.5. The van der Waals surface area contributed by atoms with E-state index in [1.807, 2.05) is 13.8 Å². The lowest BCUT2D eigenvalue weighted by molar-refractivity contribution is 0.102. The molecule has 4 rings (SSSR count). The van der Waals surface area contributed by atoms with Gasteiger partial charge in [0, 0.05) is 23.5 Å². The van der Waals surface area contributed by atoms with E-state index in [-0.39, 0.29) is 15.7 Å². The van der Waals surface area contributed by atoms with Crippen LogP contribution in [0.2, 0.25) is 5.02 Å². The third-order valence-corrected chi connectivity index (χ3v) is 7.24. The van der Waals surface area contributed by atoms with Gasteiger partial charge in [-0.3, -0.25) is 14.2 Å². The molecule has 1 amide bonds. The van der Waals surface area contributed by atoms with Gasteiger partial charge in [0.25, 0.3) is 15.9 Å². The van der Waals surface area contributed by atoms with Crippen molar-refractivity contribution in [2.45, 2.75) is 25.4 Å². The van der Waals surface area contributed by atoms with Crippen molar-refractivity contribution in [1.29, 1.82) is 0 Å². The number of halogens is 1. The molecule has 0 radical (unpaired) electrons. The Kier molecular flexibility index (Phi) is 6.00. The number of hydrogen-bond donors (Lipinski definition) is 2. The summed E-state index contributed by atoms with van der Waals surface area (Å²) in [6.07, 6.45) is 3.17. The fraction of sp³-hybridized carbons (Fsp3) is 0.158. The van der Waals surface area contributed by atoms with Gasteiger partial charge in [-0.25, -0.2) is 18.1 Å². The van der Waals surface area contributed by atoms with Crippen molar-refractivity contribution in [2.24, 2.45) is 0 Å². The van der Waals surface area contributed by atoms with E-state index in [1.54, 1.807) is 27.0 Å². The van der Waals surface area contributed by atoms with Gasteiger partial charge in [0.1, 0.15) is 6.67 Å². The highest BCUT2D eigenvalue weighted by Crippen LogP contribution is 2.20. The molecule has 0 atom stereocenters. The molecule has 4 aromatic rings. The molecule has 10 nitrogen and oxygen atoms in total. The van der Waals surface area contributed by atoms with Crippen LogP contribution >= 0.6 is 22.9 Å². The first-order valence-corrected chi connectivity index (χ1v) is 12.0. The zero-order chi connectivity index (χ0) is 22.9. The second-order valence-corrected chi connectivity index (χ2v) is 9.74. The summed E-state index contributed by atoms with van der Waals surface area (Å²) < 4.78 is 30.5. The number of nitrogens with zero attached hydrogens (tertiary/aromatic N) is 5. The lowest BCUT2D eigenvalue weighted by Crippen LogP contribution is -2.16. The standard InChI is InChI=1S/C19H18ClN7O3S2/c1-12-17(20)13(2)27(23-12)11-26-9-7-16(24-26)18(28)22-14-3-5-15(6-4-14)32(29,30)25-19-21-8-10-31-19/h3-10H,11H2,1-2H3,(H,21,25)(H,22,28). The molecule has 0 fully saturated rings. The number of aryl methyl sites for hydroxylation is 1. The van der Waals surface area contributed by atoms with E-state index in [0.29, 0.717) is 17.4 Å². The Morgan fingerprint density at radius 2 is 1.91 bits per heavy atom. The van der Waals surface area contributed by atoms with E-state index < -0.39 is 15.9 Å². The Hall–Kier alpha value is -3.22. The average Bonchev–Trinajstić information content (AvgIpc) is 3.48.